The number of aliphatic hydroxyl groups is 1. The van der Waals surface area contributed by atoms with Gasteiger partial charge in [-0.15, -0.1) is 11.3 Å². The standard InChI is InChI=1S/C17H14N2O6S.C14H13N3O4S2/c1-26(22,23)19-13-8-15-12(17(21)14(9-24-15)18-10-20)7-16(13)25-11-5-3-2-4-6-11;1-8-7-15-14(22-8)16-13(19)11-12(18)9-5-3-4-6-10(9)23(20,21)17(11)2/h2-10,19H,1H3,(H,18,20);3-7,18H,1-2H3,(H,15,16,19). The molecular formula is C31H27N5O10S3. The number of hydrogen-bond donors (Lipinski definition) is 4. The van der Waals surface area contributed by atoms with E-state index in [0.717, 1.165) is 21.7 Å². The first-order valence-electron chi connectivity index (χ1n) is 14.0. The highest BCUT2D eigenvalue weighted by molar-refractivity contribution is 7.92. The second-order valence-electron chi connectivity index (χ2n) is 10.3. The molecule has 0 saturated carbocycles. The average molecular weight is 726 g/mol. The van der Waals surface area contributed by atoms with Crippen LogP contribution in [-0.4, -0.2) is 56.9 Å². The SMILES string of the molecule is CS(=O)(=O)Nc1cc2occ(NC=O)c(=O)c2cc1Oc1ccccc1.Cc1cnc(NC(=O)C2=C(O)c3ccccc3S(=O)(=O)N2C)s1. The number of aromatic nitrogens is 1. The molecular weight excluding hydrogens is 699 g/mol. The lowest BCUT2D eigenvalue weighted by atomic mass is 10.1. The molecule has 3 aromatic carbocycles. The smallest absolute Gasteiger partial charge is 0.278 e. The third kappa shape index (κ3) is 7.56. The van der Waals surface area contributed by atoms with Crippen LogP contribution >= 0.6 is 11.3 Å². The van der Waals surface area contributed by atoms with Gasteiger partial charge in [-0.1, -0.05) is 30.3 Å². The molecule has 2 amide bonds. The first kappa shape index (κ1) is 34.6. The van der Waals surface area contributed by atoms with Crippen molar-refractivity contribution >= 4 is 76.9 Å². The molecule has 0 unspecified atom stereocenters. The molecule has 5 aromatic rings. The molecule has 0 aliphatic carbocycles. The van der Waals surface area contributed by atoms with Crippen molar-refractivity contribution in [1.29, 1.82) is 0 Å². The Morgan fingerprint density at radius 3 is 2.43 bits per heavy atom. The maximum Gasteiger partial charge on any atom is 0.278 e. The van der Waals surface area contributed by atoms with Crippen LogP contribution < -0.4 is 25.5 Å². The predicted molar refractivity (Wildman–Crippen MR) is 184 cm³/mol. The van der Waals surface area contributed by atoms with Crippen LogP contribution in [0.1, 0.15) is 10.4 Å². The van der Waals surface area contributed by atoms with E-state index in [9.17, 15) is 36.3 Å². The normalized spacial score (nSPS) is 13.5. The Morgan fingerprint density at radius 1 is 1.08 bits per heavy atom. The first-order chi connectivity index (χ1) is 23.2. The number of hydrogen-bond acceptors (Lipinski definition) is 12. The first-order valence-corrected chi connectivity index (χ1v) is 18.1. The van der Waals surface area contributed by atoms with Gasteiger partial charge in [0.15, 0.2) is 22.3 Å². The Balaban J connectivity index is 0.000000192. The van der Waals surface area contributed by atoms with Gasteiger partial charge in [-0.3, -0.25) is 28.7 Å². The monoisotopic (exact) mass is 725 g/mol. The van der Waals surface area contributed by atoms with Crippen LogP contribution in [0, 0.1) is 6.92 Å². The summed E-state index contributed by atoms with van der Waals surface area (Å²) >= 11 is 1.25. The van der Waals surface area contributed by atoms with Gasteiger partial charge in [0.05, 0.1) is 22.2 Å². The van der Waals surface area contributed by atoms with Crippen molar-refractivity contribution < 1.29 is 40.7 Å². The molecule has 6 rings (SSSR count). The molecule has 0 bridgehead atoms. The van der Waals surface area contributed by atoms with Crippen LogP contribution in [0.4, 0.5) is 16.5 Å². The minimum atomic E-state index is -3.90. The molecule has 15 nitrogen and oxygen atoms in total. The van der Waals surface area contributed by atoms with Crippen LogP contribution in [0.15, 0.2) is 99.0 Å². The van der Waals surface area contributed by atoms with E-state index in [1.807, 2.05) is 6.92 Å². The highest BCUT2D eigenvalue weighted by Gasteiger charge is 2.37. The number of carbonyl (C=O) groups excluding carboxylic acids is 2. The fraction of sp³-hybridized carbons (Fsp3) is 0.0968. The zero-order valence-corrected chi connectivity index (χ0v) is 28.3. The number of amides is 2. The maximum atomic E-state index is 12.5. The zero-order valence-electron chi connectivity index (χ0n) is 25.8. The van der Waals surface area contributed by atoms with Crippen molar-refractivity contribution in [2.24, 2.45) is 0 Å². The van der Waals surface area contributed by atoms with Gasteiger partial charge in [0, 0.05) is 29.8 Å². The molecule has 18 heteroatoms. The summed E-state index contributed by atoms with van der Waals surface area (Å²) in [6.07, 6.45) is 4.03. The van der Waals surface area contributed by atoms with E-state index in [-0.39, 0.29) is 50.0 Å². The Labute approximate surface area is 283 Å². The number of anilines is 3. The molecule has 0 fully saturated rings. The molecule has 1 aliphatic heterocycles. The Kier molecular flexibility index (Phi) is 9.74. The van der Waals surface area contributed by atoms with E-state index in [1.54, 1.807) is 48.7 Å². The molecule has 2 aromatic heterocycles. The summed E-state index contributed by atoms with van der Waals surface area (Å²) in [6.45, 7) is 1.83. The number of sulfonamides is 2. The van der Waals surface area contributed by atoms with Crippen molar-refractivity contribution in [3.8, 4) is 11.5 Å². The van der Waals surface area contributed by atoms with Gasteiger partial charge in [0.2, 0.25) is 21.9 Å². The number of nitrogens with one attached hydrogen (secondary N) is 3. The average Bonchev–Trinajstić information content (AvgIpc) is 3.46. The third-order valence-corrected chi connectivity index (χ3v) is 9.97. The topological polar surface area (TPSA) is 214 Å². The molecule has 0 radical (unpaired) electrons. The molecule has 0 atom stereocenters. The van der Waals surface area contributed by atoms with Crippen LogP contribution in [0.3, 0.4) is 0 Å². The lowest BCUT2D eigenvalue weighted by Gasteiger charge is -2.28. The van der Waals surface area contributed by atoms with Crippen molar-refractivity contribution in [2.45, 2.75) is 11.8 Å². The molecule has 4 N–H and O–H groups in total. The van der Waals surface area contributed by atoms with Gasteiger partial charge in [-0.2, -0.15) is 0 Å². The van der Waals surface area contributed by atoms with E-state index in [2.05, 4.69) is 20.3 Å². The summed E-state index contributed by atoms with van der Waals surface area (Å²) in [5.41, 5.74) is -0.507. The third-order valence-electron chi connectivity index (χ3n) is 6.73. The fourth-order valence-corrected chi connectivity index (χ4v) is 7.17. The summed E-state index contributed by atoms with van der Waals surface area (Å²) < 4.78 is 62.5. The Hall–Kier alpha value is -5.72. The minimum Gasteiger partial charge on any atom is -0.505 e. The Morgan fingerprint density at radius 2 is 1.78 bits per heavy atom. The lowest BCUT2D eigenvalue weighted by Crippen LogP contribution is -2.37. The lowest BCUT2D eigenvalue weighted by molar-refractivity contribution is -0.113. The van der Waals surface area contributed by atoms with Gasteiger partial charge >= 0.3 is 0 Å². The van der Waals surface area contributed by atoms with Crippen molar-refractivity contribution in [1.82, 2.24) is 9.29 Å². The van der Waals surface area contributed by atoms with Crippen LogP contribution in [0.5, 0.6) is 11.5 Å². The van der Waals surface area contributed by atoms with Crippen molar-refractivity contribution in [3.05, 3.63) is 106 Å². The van der Waals surface area contributed by atoms with E-state index in [0.29, 0.717) is 17.3 Å². The van der Waals surface area contributed by atoms with E-state index >= 15 is 0 Å². The molecule has 254 valence electrons. The number of nitrogens with zero attached hydrogens (tertiary/aromatic N) is 2. The quantitative estimate of drug-likeness (QED) is 0.164. The molecule has 49 heavy (non-hydrogen) atoms. The second kappa shape index (κ2) is 13.8. The van der Waals surface area contributed by atoms with Gasteiger partial charge in [0.1, 0.15) is 23.3 Å². The number of aliphatic hydroxyl groups excluding tert-OH is 1. The number of rotatable bonds is 8. The highest BCUT2D eigenvalue weighted by Crippen LogP contribution is 2.36. The summed E-state index contributed by atoms with van der Waals surface area (Å²) in [6, 6.07) is 17.4. The summed E-state index contributed by atoms with van der Waals surface area (Å²) in [7, 11) is -6.27. The molecule has 3 heterocycles. The number of fused-ring (bicyclic) bond motifs is 2. The predicted octanol–water partition coefficient (Wildman–Crippen LogP) is 4.48. The summed E-state index contributed by atoms with van der Waals surface area (Å²) in [5.74, 6) is -0.555. The van der Waals surface area contributed by atoms with Crippen LogP contribution in [0.2, 0.25) is 0 Å². The second-order valence-corrected chi connectivity index (χ2v) is 15.2. The van der Waals surface area contributed by atoms with Gasteiger partial charge in [-0.25, -0.2) is 21.8 Å². The summed E-state index contributed by atoms with van der Waals surface area (Å²) in [4.78, 5) is 40.3. The summed E-state index contributed by atoms with van der Waals surface area (Å²) in [5, 5.41) is 15.6. The van der Waals surface area contributed by atoms with Gasteiger partial charge in [0.25, 0.3) is 15.9 Å². The zero-order chi connectivity index (χ0) is 35.5. The van der Waals surface area contributed by atoms with Gasteiger partial charge in [-0.05, 0) is 37.3 Å². The molecule has 0 spiro atoms. The molecule has 1 aliphatic rings. The van der Waals surface area contributed by atoms with Crippen LogP contribution in [0.25, 0.3) is 16.7 Å². The fourth-order valence-electron chi connectivity index (χ4n) is 4.55. The number of aryl methyl sites for hydroxylation is 1. The van der Waals surface area contributed by atoms with E-state index < -0.39 is 31.4 Å². The van der Waals surface area contributed by atoms with Gasteiger partial charge < -0.3 is 19.6 Å². The van der Waals surface area contributed by atoms with E-state index in [1.165, 1.54) is 42.6 Å². The number of likely N-dealkylation sites (N-methyl/N-ethyl adjacent to an activating group) is 1. The van der Waals surface area contributed by atoms with Crippen LogP contribution in [-0.2, 0) is 29.6 Å². The minimum absolute atomic E-state index is 0.0398. The number of benzene rings is 3. The van der Waals surface area contributed by atoms with E-state index in [4.69, 9.17) is 9.15 Å². The number of para-hydroxylation sites is 1. The molecule has 0 saturated heterocycles. The number of thiazole rings is 1. The number of ether oxygens (including phenoxy) is 1. The van der Waals surface area contributed by atoms with Crippen molar-refractivity contribution in [3.63, 3.8) is 0 Å². The largest absolute Gasteiger partial charge is 0.505 e. The highest BCUT2D eigenvalue weighted by atomic mass is 32.2. The number of carbonyl (C=O) groups is 2. The maximum absolute atomic E-state index is 12.5. The Bertz CT molecular complexity index is 2390. The van der Waals surface area contributed by atoms with Crippen molar-refractivity contribution in [2.75, 3.05) is 28.7 Å².